The zero-order valence-electron chi connectivity index (χ0n) is 9.71. The van der Waals surface area contributed by atoms with E-state index in [0.29, 0.717) is 0 Å². The van der Waals surface area contributed by atoms with Gasteiger partial charge in [-0.3, -0.25) is 4.98 Å². The Labute approximate surface area is 92.1 Å². The molecule has 2 heteroatoms. The van der Waals surface area contributed by atoms with Gasteiger partial charge in [0.2, 0.25) is 0 Å². The van der Waals surface area contributed by atoms with Gasteiger partial charge in [-0.2, -0.15) is 0 Å². The van der Waals surface area contributed by atoms with Gasteiger partial charge in [0.15, 0.2) is 0 Å². The van der Waals surface area contributed by atoms with Crippen molar-refractivity contribution in [3.63, 3.8) is 0 Å². The van der Waals surface area contributed by atoms with E-state index >= 15 is 0 Å². The van der Waals surface area contributed by atoms with E-state index in [-0.39, 0.29) is 5.54 Å². The lowest BCUT2D eigenvalue weighted by Crippen LogP contribution is -2.36. The van der Waals surface area contributed by atoms with Gasteiger partial charge in [-0.05, 0) is 44.4 Å². The number of nitrogens with zero attached hydrogens (tertiary/aromatic N) is 1. The minimum atomic E-state index is 0.218. The largest absolute Gasteiger partial charge is 0.307 e. The third-order valence-corrected chi connectivity index (χ3v) is 3.38. The molecule has 1 N–H and O–H groups in total. The van der Waals surface area contributed by atoms with Crippen LogP contribution in [-0.4, -0.2) is 11.5 Å². The maximum absolute atomic E-state index is 4.41. The second kappa shape index (κ2) is 4.31. The molecule has 1 unspecified atom stereocenters. The summed E-state index contributed by atoms with van der Waals surface area (Å²) in [7, 11) is 0. The second-order valence-electron chi connectivity index (χ2n) is 4.55. The molecule has 0 radical (unpaired) electrons. The fourth-order valence-electron chi connectivity index (χ4n) is 2.59. The van der Waals surface area contributed by atoms with Gasteiger partial charge in [0, 0.05) is 17.4 Å². The van der Waals surface area contributed by atoms with Crippen LogP contribution in [0.15, 0.2) is 18.3 Å². The molecule has 1 aromatic heterocycles. The first kappa shape index (κ1) is 10.6. The van der Waals surface area contributed by atoms with Crippen LogP contribution in [0.5, 0.6) is 0 Å². The predicted molar refractivity (Wildman–Crippen MR) is 62.8 cm³/mol. The van der Waals surface area contributed by atoms with Crippen LogP contribution in [0.2, 0.25) is 0 Å². The summed E-state index contributed by atoms with van der Waals surface area (Å²) in [5.41, 5.74) is 2.69. The zero-order chi connectivity index (χ0) is 10.7. The van der Waals surface area contributed by atoms with Crippen LogP contribution >= 0.6 is 0 Å². The molecular weight excluding hydrogens is 184 g/mol. The highest BCUT2D eigenvalue weighted by atomic mass is 15.0. The van der Waals surface area contributed by atoms with Crippen LogP contribution in [-0.2, 0) is 5.54 Å². The van der Waals surface area contributed by atoms with Crippen LogP contribution in [0.25, 0.3) is 0 Å². The molecule has 2 nitrogen and oxygen atoms in total. The molecule has 1 aromatic rings. The van der Waals surface area contributed by atoms with Gasteiger partial charge in [-0.15, -0.1) is 0 Å². The number of nitrogens with one attached hydrogen (secondary N) is 1. The molecule has 1 saturated heterocycles. The molecule has 0 aliphatic carbocycles. The van der Waals surface area contributed by atoms with Gasteiger partial charge in [0.05, 0.1) is 0 Å². The second-order valence-corrected chi connectivity index (χ2v) is 4.55. The minimum Gasteiger partial charge on any atom is -0.307 e. The van der Waals surface area contributed by atoms with Crippen molar-refractivity contribution in [1.29, 1.82) is 0 Å². The van der Waals surface area contributed by atoms with E-state index in [0.717, 1.165) is 12.2 Å². The Balaban J connectivity index is 2.28. The Kier molecular flexibility index (Phi) is 3.06. The predicted octanol–water partition coefficient (Wildman–Crippen LogP) is 2.77. The highest BCUT2D eigenvalue weighted by Gasteiger charge is 2.34. The van der Waals surface area contributed by atoms with Crippen LogP contribution in [0.4, 0.5) is 0 Å². The van der Waals surface area contributed by atoms with E-state index in [2.05, 4.69) is 29.4 Å². The van der Waals surface area contributed by atoms with Crippen LogP contribution in [0.1, 0.15) is 43.9 Å². The smallest absolute Gasteiger partial charge is 0.0450 e. The Morgan fingerprint density at radius 1 is 1.47 bits per heavy atom. The molecule has 1 fully saturated rings. The van der Waals surface area contributed by atoms with E-state index in [1.54, 1.807) is 0 Å². The molecule has 1 aliphatic rings. The maximum Gasteiger partial charge on any atom is 0.0450 e. The van der Waals surface area contributed by atoms with E-state index in [4.69, 9.17) is 0 Å². The van der Waals surface area contributed by atoms with E-state index in [1.165, 1.54) is 31.2 Å². The summed E-state index contributed by atoms with van der Waals surface area (Å²) in [6.45, 7) is 5.44. The third-order valence-electron chi connectivity index (χ3n) is 3.38. The molecule has 2 heterocycles. The number of pyridine rings is 1. The molecule has 0 spiro atoms. The van der Waals surface area contributed by atoms with Gasteiger partial charge in [0.1, 0.15) is 0 Å². The summed E-state index contributed by atoms with van der Waals surface area (Å²) in [5.74, 6) is 0. The van der Waals surface area contributed by atoms with Crippen LogP contribution in [0.3, 0.4) is 0 Å². The summed E-state index contributed by atoms with van der Waals surface area (Å²) in [6, 6.07) is 4.35. The summed E-state index contributed by atoms with van der Waals surface area (Å²) in [6.07, 6.45) is 7.03. The lowest BCUT2D eigenvalue weighted by atomic mass is 9.85. The van der Waals surface area contributed by atoms with Crippen molar-refractivity contribution in [3.05, 3.63) is 29.6 Å². The van der Waals surface area contributed by atoms with Crippen molar-refractivity contribution in [2.24, 2.45) is 0 Å². The molecule has 0 saturated carbocycles. The maximum atomic E-state index is 4.41. The number of aromatic nitrogens is 1. The summed E-state index contributed by atoms with van der Waals surface area (Å²) in [5, 5.41) is 3.67. The average Bonchev–Trinajstić information content (AvgIpc) is 2.69. The summed E-state index contributed by atoms with van der Waals surface area (Å²) < 4.78 is 0. The number of hydrogen-bond acceptors (Lipinski definition) is 2. The minimum absolute atomic E-state index is 0.218. The van der Waals surface area contributed by atoms with Gasteiger partial charge in [-0.1, -0.05) is 19.4 Å². The lowest BCUT2D eigenvalue weighted by molar-refractivity contribution is 0.354. The standard InChI is InChI=1S/C13H20N2/c1-3-7-13(8-4-9-15-13)12-6-5-11(2)14-10-12/h5-6,10,15H,3-4,7-9H2,1-2H3. The normalized spacial score (nSPS) is 25.7. The van der Waals surface area contributed by atoms with Crippen molar-refractivity contribution < 1.29 is 0 Å². The quantitative estimate of drug-likeness (QED) is 0.819. The van der Waals surface area contributed by atoms with Crippen LogP contribution < -0.4 is 5.32 Å². The van der Waals surface area contributed by atoms with Crippen molar-refractivity contribution in [2.45, 2.75) is 45.1 Å². The van der Waals surface area contributed by atoms with Crippen molar-refractivity contribution in [1.82, 2.24) is 10.3 Å². The molecule has 0 amide bonds. The summed E-state index contributed by atoms with van der Waals surface area (Å²) in [4.78, 5) is 4.41. The monoisotopic (exact) mass is 204 g/mol. The Morgan fingerprint density at radius 3 is 2.87 bits per heavy atom. The lowest BCUT2D eigenvalue weighted by Gasteiger charge is -2.29. The SMILES string of the molecule is CCCC1(c2ccc(C)nc2)CCCN1. The van der Waals surface area contributed by atoms with Gasteiger partial charge in [0.25, 0.3) is 0 Å². The van der Waals surface area contributed by atoms with Crippen molar-refractivity contribution >= 4 is 0 Å². The van der Waals surface area contributed by atoms with E-state index in [9.17, 15) is 0 Å². The molecular formula is C13H20N2. The van der Waals surface area contributed by atoms with Gasteiger partial charge < -0.3 is 5.32 Å². The molecule has 1 aliphatic heterocycles. The van der Waals surface area contributed by atoms with Crippen LogP contribution in [0, 0.1) is 6.92 Å². The first-order chi connectivity index (χ1) is 7.27. The van der Waals surface area contributed by atoms with Crippen molar-refractivity contribution in [3.8, 4) is 0 Å². The Morgan fingerprint density at radius 2 is 2.33 bits per heavy atom. The molecule has 1 atom stereocenters. The first-order valence-electron chi connectivity index (χ1n) is 5.95. The molecule has 2 rings (SSSR count). The fourth-order valence-corrected chi connectivity index (χ4v) is 2.59. The molecule has 0 aromatic carbocycles. The molecule has 0 bridgehead atoms. The number of hydrogen-bond donors (Lipinski definition) is 1. The van der Waals surface area contributed by atoms with E-state index < -0.39 is 0 Å². The fraction of sp³-hybridized carbons (Fsp3) is 0.615. The third kappa shape index (κ3) is 2.05. The van der Waals surface area contributed by atoms with Gasteiger partial charge in [-0.25, -0.2) is 0 Å². The van der Waals surface area contributed by atoms with Crippen molar-refractivity contribution in [2.75, 3.05) is 6.54 Å². The van der Waals surface area contributed by atoms with Gasteiger partial charge >= 0.3 is 0 Å². The number of rotatable bonds is 3. The highest BCUT2D eigenvalue weighted by molar-refractivity contribution is 5.24. The number of aryl methyl sites for hydroxylation is 1. The average molecular weight is 204 g/mol. The molecule has 82 valence electrons. The Bertz CT molecular complexity index is 310. The first-order valence-corrected chi connectivity index (χ1v) is 5.95. The Hall–Kier alpha value is -0.890. The van der Waals surface area contributed by atoms with E-state index in [1.807, 2.05) is 13.1 Å². The zero-order valence-corrected chi connectivity index (χ0v) is 9.71. The topological polar surface area (TPSA) is 24.9 Å². The summed E-state index contributed by atoms with van der Waals surface area (Å²) >= 11 is 0. The molecule has 15 heavy (non-hydrogen) atoms. The highest BCUT2D eigenvalue weighted by Crippen LogP contribution is 2.34.